The van der Waals surface area contributed by atoms with Gasteiger partial charge in [0.25, 0.3) is 0 Å². The molecule has 0 atom stereocenters. The normalized spacial score (nSPS) is 13.1. The second kappa shape index (κ2) is 12.3. The summed E-state index contributed by atoms with van der Waals surface area (Å²) in [6.07, 6.45) is 0. The number of thiophene rings is 1. The molecule has 1 aromatic heterocycles. The molecule has 0 spiro atoms. The van der Waals surface area contributed by atoms with Crippen LogP contribution in [0.25, 0.3) is 75.1 Å². The molecule has 0 saturated heterocycles. The van der Waals surface area contributed by atoms with Crippen LogP contribution in [0.3, 0.4) is 0 Å². The highest BCUT2D eigenvalue weighted by atomic mass is 32.1. The molecule has 2 heteroatoms. The number of benzene rings is 9. The van der Waals surface area contributed by atoms with Gasteiger partial charge in [0.05, 0.1) is 0 Å². The zero-order chi connectivity index (χ0) is 36.7. The predicted molar refractivity (Wildman–Crippen MR) is 237 cm³/mol. The van der Waals surface area contributed by atoms with E-state index in [0.29, 0.717) is 0 Å². The third-order valence-corrected chi connectivity index (χ3v) is 13.0. The zero-order valence-electron chi connectivity index (χ0n) is 30.8. The average Bonchev–Trinajstić information content (AvgIpc) is 3.72. The number of hydrogen-bond acceptors (Lipinski definition) is 2. The maximum absolute atomic E-state index is 2.44. The molecule has 0 unspecified atom stereocenters. The highest BCUT2D eigenvalue weighted by molar-refractivity contribution is 7.25. The lowest BCUT2D eigenvalue weighted by Gasteiger charge is -2.28. The quantitative estimate of drug-likeness (QED) is 0.171. The number of hydrogen-bond donors (Lipinski definition) is 0. The van der Waals surface area contributed by atoms with E-state index in [-0.39, 0.29) is 5.41 Å². The second-order valence-corrected chi connectivity index (χ2v) is 16.5. The largest absolute Gasteiger partial charge is 0.310 e. The molecule has 55 heavy (non-hydrogen) atoms. The number of anilines is 3. The lowest BCUT2D eigenvalue weighted by atomic mass is 9.82. The Morgan fingerprint density at radius 1 is 0.364 bits per heavy atom. The van der Waals surface area contributed by atoms with Crippen LogP contribution in [0.5, 0.6) is 0 Å². The topological polar surface area (TPSA) is 3.24 Å². The van der Waals surface area contributed by atoms with Crippen molar-refractivity contribution >= 4 is 70.1 Å². The molecule has 10 aromatic rings. The molecule has 11 rings (SSSR count). The second-order valence-electron chi connectivity index (χ2n) is 15.4. The van der Waals surface area contributed by atoms with Gasteiger partial charge in [-0.2, -0.15) is 0 Å². The SMILES string of the molecule is CC1(C)c2ccccc2-c2ccc(N(c3ccc(-c4ccc5ccc(-c6ccc7ccccc7c6)cc5c4)cc3)c3ccc4sc5ccccc5c4c3)cc21. The summed E-state index contributed by atoms with van der Waals surface area (Å²) in [6.45, 7) is 4.72. The molecule has 260 valence electrons. The van der Waals surface area contributed by atoms with Gasteiger partial charge in [0.15, 0.2) is 0 Å². The van der Waals surface area contributed by atoms with Gasteiger partial charge in [-0.3, -0.25) is 0 Å². The van der Waals surface area contributed by atoms with E-state index in [1.165, 1.54) is 86.2 Å². The summed E-state index contributed by atoms with van der Waals surface area (Å²) >= 11 is 1.86. The van der Waals surface area contributed by atoms with Crippen molar-refractivity contribution in [2.24, 2.45) is 0 Å². The summed E-state index contributed by atoms with van der Waals surface area (Å²) < 4.78 is 2.63. The molecular weight excluding hydrogens is 683 g/mol. The van der Waals surface area contributed by atoms with Gasteiger partial charge in [0.1, 0.15) is 0 Å². The summed E-state index contributed by atoms with van der Waals surface area (Å²) in [7, 11) is 0. The Hall–Kier alpha value is -6.48. The van der Waals surface area contributed by atoms with Crippen LogP contribution in [0, 0.1) is 0 Å². The fraction of sp³-hybridized carbons (Fsp3) is 0.0566. The van der Waals surface area contributed by atoms with E-state index in [1.807, 2.05) is 11.3 Å². The van der Waals surface area contributed by atoms with Crippen LogP contribution in [0.1, 0.15) is 25.0 Å². The molecule has 1 aliphatic carbocycles. The van der Waals surface area contributed by atoms with Gasteiger partial charge in [0, 0.05) is 42.6 Å². The molecule has 0 amide bonds. The van der Waals surface area contributed by atoms with E-state index in [2.05, 4.69) is 207 Å². The molecule has 0 fully saturated rings. The van der Waals surface area contributed by atoms with Gasteiger partial charge in [-0.1, -0.05) is 135 Å². The Balaban J connectivity index is 1.00. The minimum Gasteiger partial charge on any atom is -0.310 e. The molecule has 0 N–H and O–H groups in total. The third-order valence-electron chi connectivity index (χ3n) is 11.8. The standard InChI is InChI=1S/C53H37NS/c1-53(2)49-13-7-5-11-45(49)46-27-25-44(33-50(46)53)54(43-26-28-52-48(32-43)47-12-6-8-14-51(47)55-52)42-23-21-35(22-24-42)38-18-16-36-17-20-40(31-41(36)30-38)39-19-15-34-9-3-4-10-37(34)29-39/h3-33H,1-2H3. The van der Waals surface area contributed by atoms with Crippen LogP contribution in [-0.2, 0) is 5.41 Å². The molecule has 0 radical (unpaired) electrons. The van der Waals surface area contributed by atoms with Crippen molar-refractivity contribution in [2.45, 2.75) is 19.3 Å². The Kier molecular flexibility index (Phi) is 7.14. The van der Waals surface area contributed by atoms with Crippen molar-refractivity contribution < 1.29 is 0 Å². The highest BCUT2D eigenvalue weighted by Crippen LogP contribution is 2.51. The Morgan fingerprint density at radius 2 is 0.909 bits per heavy atom. The number of fused-ring (bicyclic) bond motifs is 8. The van der Waals surface area contributed by atoms with Gasteiger partial charge in [-0.15, -0.1) is 11.3 Å². The molecule has 1 heterocycles. The van der Waals surface area contributed by atoms with E-state index in [0.717, 1.165) is 17.1 Å². The first-order valence-corrected chi connectivity index (χ1v) is 19.9. The van der Waals surface area contributed by atoms with Gasteiger partial charge < -0.3 is 4.90 Å². The van der Waals surface area contributed by atoms with Crippen LogP contribution >= 0.6 is 11.3 Å². The lowest BCUT2D eigenvalue weighted by Crippen LogP contribution is -2.16. The fourth-order valence-electron chi connectivity index (χ4n) is 8.91. The lowest BCUT2D eigenvalue weighted by molar-refractivity contribution is 0.660. The maximum atomic E-state index is 2.44. The minimum absolute atomic E-state index is 0.0881. The molecule has 1 aliphatic rings. The van der Waals surface area contributed by atoms with Crippen LogP contribution < -0.4 is 4.90 Å². The summed E-state index contributed by atoms with van der Waals surface area (Å²) in [6, 6.07) is 69.8. The van der Waals surface area contributed by atoms with Gasteiger partial charge in [0.2, 0.25) is 0 Å². The Bertz CT molecular complexity index is 3130. The van der Waals surface area contributed by atoms with Crippen LogP contribution in [-0.4, -0.2) is 0 Å². The Morgan fingerprint density at radius 3 is 1.71 bits per heavy atom. The third kappa shape index (κ3) is 5.21. The molecule has 0 aliphatic heterocycles. The van der Waals surface area contributed by atoms with Crippen LogP contribution in [0.4, 0.5) is 17.1 Å². The maximum Gasteiger partial charge on any atom is 0.0468 e. The van der Waals surface area contributed by atoms with E-state index in [1.54, 1.807) is 0 Å². The van der Waals surface area contributed by atoms with Crippen molar-refractivity contribution in [3.8, 4) is 33.4 Å². The van der Waals surface area contributed by atoms with Gasteiger partial charge in [-0.25, -0.2) is 0 Å². The molecule has 1 nitrogen and oxygen atoms in total. The van der Waals surface area contributed by atoms with E-state index < -0.39 is 0 Å². The zero-order valence-corrected chi connectivity index (χ0v) is 31.6. The summed E-state index contributed by atoms with van der Waals surface area (Å²) in [5, 5.41) is 7.63. The van der Waals surface area contributed by atoms with Gasteiger partial charge in [-0.05, 0) is 133 Å². The predicted octanol–water partition coefficient (Wildman–Crippen LogP) is 15.5. The first-order valence-electron chi connectivity index (χ1n) is 19.1. The van der Waals surface area contributed by atoms with Crippen LogP contribution in [0.15, 0.2) is 188 Å². The van der Waals surface area contributed by atoms with Crippen molar-refractivity contribution in [1.82, 2.24) is 0 Å². The molecule has 0 bridgehead atoms. The van der Waals surface area contributed by atoms with Crippen molar-refractivity contribution in [3.05, 3.63) is 199 Å². The average molecular weight is 720 g/mol. The van der Waals surface area contributed by atoms with E-state index in [9.17, 15) is 0 Å². The summed E-state index contributed by atoms with van der Waals surface area (Å²) in [4.78, 5) is 2.44. The molecule has 9 aromatic carbocycles. The van der Waals surface area contributed by atoms with Gasteiger partial charge >= 0.3 is 0 Å². The molecular formula is C53H37NS. The fourth-order valence-corrected chi connectivity index (χ4v) is 10.00. The minimum atomic E-state index is -0.0881. The number of nitrogens with zero attached hydrogens (tertiary/aromatic N) is 1. The van der Waals surface area contributed by atoms with E-state index >= 15 is 0 Å². The summed E-state index contributed by atoms with van der Waals surface area (Å²) in [5.74, 6) is 0. The van der Waals surface area contributed by atoms with E-state index in [4.69, 9.17) is 0 Å². The monoisotopic (exact) mass is 719 g/mol. The smallest absolute Gasteiger partial charge is 0.0468 e. The first kappa shape index (κ1) is 32.0. The highest BCUT2D eigenvalue weighted by Gasteiger charge is 2.35. The van der Waals surface area contributed by atoms with Crippen molar-refractivity contribution in [2.75, 3.05) is 4.90 Å². The first-order chi connectivity index (χ1) is 27.0. The number of rotatable bonds is 5. The Labute approximate surface area is 325 Å². The molecule has 0 saturated carbocycles. The van der Waals surface area contributed by atoms with Crippen molar-refractivity contribution in [3.63, 3.8) is 0 Å². The summed E-state index contributed by atoms with van der Waals surface area (Å²) in [5.41, 5.74) is 13.7. The van der Waals surface area contributed by atoms with Crippen molar-refractivity contribution in [1.29, 1.82) is 0 Å². The van der Waals surface area contributed by atoms with Crippen LogP contribution in [0.2, 0.25) is 0 Å².